The van der Waals surface area contributed by atoms with Gasteiger partial charge in [-0.15, -0.1) is 0 Å². The van der Waals surface area contributed by atoms with Crippen LogP contribution >= 0.6 is 0 Å². The Bertz CT molecular complexity index is 885. The molecule has 3 aromatic rings. The number of hydrogen-bond donors (Lipinski definition) is 1. The molecule has 0 aliphatic heterocycles. The quantitative estimate of drug-likeness (QED) is 0.803. The summed E-state index contributed by atoms with van der Waals surface area (Å²) in [6.45, 7) is 1.91. The highest BCUT2D eigenvalue weighted by Gasteiger charge is 2.19. The SMILES string of the molecule is CC(NC(=O)c1cnn(C)c1-n1cccc1)c1ccc(C#N)cc1. The Labute approximate surface area is 140 Å². The number of aryl methyl sites for hydroxylation is 1. The van der Waals surface area contributed by atoms with Crippen molar-refractivity contribution in [3.63, 3.8) is 0 Å². The van der Waals surface area contributed by atoms with Crippen LogP contribution in [0.15, 0.2) is 55.0 Å². The van der Waals surface area contributed by atoms with Gasteiger partial charge in [0.2, 0.25) is 0 Å². The maximum atomic E-state index is 12.7. The molecule has 120 valence electrons. The second-order valence-corrected chi connectivity index (χ2v) is 5.52. The van der Waals surface area contributed by atoms with Crippen molar-refractivity contribution in [1.82, 2.24) is 19.7 Å². The van der Waals surface area contributed by atoms with Crippen molar-refractivity contribution in [2.24, 2.45) is 7.05 Å². The largest absolute Gasteiger partial charge is 0.345 e. The van der Waals surface area contributed by atoms with Gasteiger partial charge in [0.1, 0.15) is 11.4 Å². The highest BCUT2D eigenvalue weighted by molar-refractivity contribution is 5.97. The molecule has 3 rings (SSSR count). The van der Waals surface area contributed by atoms with Gasteiger partial charge in [-0.3, -0.25) is 9.48 Å². The number of benzene rings is 1. The van der Waals surface area contributed by atoms with Crippen molar-refractivity contribution in [1.29, 1.82) is 5.26 Å². The number of hydrogen-bond acceptors (Lipinski definition) is 3. The molecule has 0 aliphatic rings. The maximum absolute atomic E-state index is 12.7. The number of nitriles is 1. The number of amides is 1. The van der Waals surface area contributed by atoms with Gasteiger partial charge in [-0.25, -0.2) is 0 Å². The zero-order valence-corrected chi connectivity index (χ0v) is 13.5. The minimum atomic E-state index is -0.191. The Hall–Kier alpha value is -3.33. The molecule has 1 aromatic carbocycles. The van der Waals surface area contributed by atoms with Crippen LogP contribution in [0, 0.1) is 11.3 Å². The molecule has 1 amide bonds. The van der Waals surface area contributed by atoms with Crippen molar-refractivity contribution >= 4 is 5.91 Å². The van der Waals surface area contributed by atoms with Crippen LogP contribution in [-0.2, 0) is 7.05 Å². The number of nitrogens with one attached hydrogen (secondary N) is 1. The Morgan fingerprint density at radius 3 is 2.54 bits per heavy atom. The molecule has 6 nitrogen and oxygen atoms in total. The average Bonchev–Trinajstić information content (AvgIpc) is 3.23. The summed E-state index contributed by atoms with van der Waals surface area (Å²) in [7, 11) is 1.80. The van der Waals surface area contributed by atoms with E-state index in [2.05, 4.69) is 16.5 Å². The first kappa shape index (κ1) is 15.6. The maximum Gasteiger partial charge on any atom is 0.257 e. The van der Waals surface area contributed by atoms with Crippen molar-refractivity contribution in [2.75, 3.05) is 0 Å². The summed E-state index contributed by atoms with van der Waals surface area (Å²) in [6.07, 6.45) is 5.31. The first-order valence-electron chi connectivity index (χ1n) is 7.56. The molecular formula is C18H17N5O. The van der Waals surface area contributed by atoms with E-state index in [0.717, 1.165) is 5.56 Å². The van der Waals surface area contributed by atoms with Gasteiger partial charge in [0.15, 0.2) is 0 Å². The highest BCUT2D eigenvalue weighted by Crippen LogP contribution is 2.17. The zero-order chi connectivity index (χ0) is 17.1. The second kappa shape index (κ2) is 6.42. The lowest BCUT2D eigenvalue weighted by Crippen LogP contribution is -2.27. The van der Waals surface area contributed by atoms with Crippen molar-refractivity contribution < 1.29 is 4.79 Å². The van der Waals surface area contributed by atoms with Gasteiger partial charge in [-0.05, 0) is 36.8 Å². The van der Waals surface area contributed by atoms with Gasteiger partial charge < -0.3 is 9.88 Å². The standard InChI is InChI=1S/C18H17N5O/c1-13(15-7-5-14(11-19)6-8-15)21-17(24)16-12-20-22(2)18(16)23-9-3-4-10-23/h3-10,12-13H,1-2H3,(H,21,24). The predicted octanol–water partition coefficient (Wildman–Crippen LogP) is 2.57. The number of aromatic nitrogens is 3. The smallest absolute Gasteiger partial charge is 0.257 e. The molecule has 1 atom stereocenters. The molecule has 1 N–H and O–H groups in total. The monoisotopic (exact) mass is 319 g/mol. The lowest BCUT2D eigenvalue weighted by Gasteiger charge is -2.15. The van der Waals surface area contributed by atoms with Crippen molar-refractivity contribution in [3.8, 4) is 11.9 Å². The molecule has 2 aromatic heterocycles. The van der Waals surface area contributed by atoms with Gasteiger partial charge in [-0.2, -0.15) is 10.4 Å². The number of nitrogens with zero attached hydrogens (tertiary/aromatic N) is 4. The fourth-order valence-corrected chi connectivity index (χ4v) is 2.58. The van der Waals surface area contributed by atoms with Crippen LogP contribution in [0.3, 0.4) is 0 Å². The van der Waals surface area contributed by atoms with Gasteiger partial charge in [0.05, 0.1) is 23.9 Å². The van der Waals surface area contributed by atoms with Crippen LogP contribution < -0.4 is 5.32 Å². The van der Waals surface area contributed by atoms with Crippen LogP contribution in [-0.4, -0.2) is 20.3 Å². The normalized spacial score (nSPS) is 11.7. The summed E-state index contributed by atoms with van der Waals surface area (Å²) in [5.41, 5.74) is 2.04. The molecule has 0 saturated heterocycles. The highest BCUT2D eigenvalue weighted by atomic mass is 16.1. The summed E-state index contributed by atoms with van der Waals surface area (Å²) < 4.78 is 3.52. The van der Waals surface area contributed by atoms with Crippen LogP contribution in [0.25, 0.3) is 5.82 Å². The molecular weight excluding hydrogens is 302 g/mol. The summed E-state index contributed by atoms with van der Waals surface area (Å²) >= 11 is 0. The Morgan fingerprint density at radius 2 is 1.92 bits per heavy atom. The molecule has 0 aliphatic carbocycles. The molecule has 24 heavy (non-hydrogen) atoms. The molecule has 0 bridgehead atoms. The summed E-state index contributed by atoms with van der Waals surface area (Å²) in [4.78, 5) is 12.7. The van der Waals surface area contributed by atoms with E-state index in [9.17, 15) is 4.79 Å². The van der Waals surface area contributed by atoms with E-state index in [-0.39, 0.29) is 11.9 Å². The van der Waals surface area contributed by atoms with Crippen LogP contribution in [0.4, 0.5) is 0 Å². The fourth-order valence-electron chi connectivity index (χ4n) is 2.58. The Balaban J connectivity index is 1.81. The van der Waals surface area contributed by atoms with Crippen LogP contribution in [0.1, 0.15) is 34.5 Å². The third-order valence-electron chi connectivity index (χ3n) is 3.89. The Morgan fingerprint density at radius 1 is 1.25 bits per heavy atom. The number of carbonyl (C=O) groups is 1. The average molecular weight is 319 g/mol. The third kappa shape index (κ3) is 2.92. The Kier molecular flexibility index (Phi) is 4.17. The molecule has 0 radical (unpaired) electrons. The molecule has 0 spiro atoms. The molecule has 6 heteroatoms. The summed E-state index contributed by atoms with van der Waals surface area (Å²) in [5, 5.41) is 16.0. The topological polar surface area (TPSA) is 75.6 Å². The summed E-state index contributed by atoms with van der Waals surface area (Å²) in [6, 6.07) is 12.9. The van der Waals surface area contributed by atoms with E-state index in [1.807, 2.05) is 48.1 Å². The minimum absolute atomic E-state index is 0.178. The number of rotatable bonds is 4. The van der Waals surface area contributed by atoms with Crippen molar-refractivity contribution in [3.05, 3.63) is 71.7 Å². The number of carbonyl (C=O) groups excluding carboxylic acids is 1. The second-order valence-electron chi connectivity index (χ2n) is 5.52. The first-order chi connectivity index (χ1) is 11.6. The minimum Gasteiger partial charge on any atom is -0.345 e. The van der Waals surface area contributed by atoms with E-state index < -0.39 is 0 Å². The molecule has 1 unspecified atom stereocenters. The summed E-state index contributed by atoms with van der Waals surface area (Å²) in [5.74, 6) is 0.521. The lowest BCUT2D eigenvalue weighted by molar-refractivity contribution is 0.0940. The third-order valence-corrected chi connectivity index (χ3v) is 3.89. The molecule has 0 fully saturated rings. The van der Waals surface area contributed by atoms with Crippen LogP contribution in [0.5, 0.6) is 0 Å². The zero-order valence-electron chi connectivity index (χ0n) is 13.5. The molecule has 0 saturated carbocycles. The van der Waals surface area contributed by atoms with E-state index >= 15 is 0 Å². The van der Waals surface area contributed by atoms with Gasteiger partial charge in [0, 0.05) is 19.4 Å². The van der Waals surface area contributed by atoms with Crippen molar-refractivity contribution in [2.45, 2.75) is 13.0 Å². The fraction of sp³-hybridized carbons (Fsp3) is 0.167. The van der Waals surface area contributed by atoms with Gasteiger partial charge in [-0.1, -0.05) is 12.1 Å². The molecule has 2 heterocycles. The predicted molar refractivity (Wildman–Crippen MR) is 89.6 cm³/mol. The van der Waals surface area contributed by atoms with E-state index in [1.165, 1.54) is 0 Å². The van der Waals surface area contributed by atoms with Gasteiger partial charge in [0.25, 0.3) is 5.91 Å². The van der Waals surface area contributed by atoms with E-state index in [1.54, 1.807) is 30.1 Å². The first-order valence-corrected chi connectivity index (χ1v) is 7.56. The lowest BCUT2D eigenvalue weighted by atomic mass is 10.1. The van der Waals surface area contributed by atoms with Crippen LogP contribution in [0.2, 0.25) is 0 Å². The van der Waals surface area contributed by atoms with E-state index in [4.69, 9.17) is 5.26 Å². The van der Waals surface area contributed by atoms with Gasteiger partial charge >= 0.3 is 0 Å². The van der Waals surface area contributed by atoms with E-state index in [0.29, 0.717) is 16.9 Å².